The van der Waals surface area contributed by atoms with E-state index >= 15 is 0 Å². The van der Waals surface area contributed by atoms with Crippen molar-refractivity contribution < 1.29 is 4.79 Å². The SMILES string of the molecule is CC(C)(C)C1CCN(C(=O)C2CC3CC3C2)C1. The van der Waals surface area contributed by atoms with Crippen LogP contribution in [0.3, 0.4) is 0 Å². The molecule has 17 heavy (non-hydrogen) atoms. The normalized spacial score (nSPS) is 40.5. The van der Waals surface area contributed by atoms with Gasteiger partial charge < -0.3 is 4.90 Å². The Kier molecular flexibility index (Phi) is 2.53. The minimum atomic E-state index is 0.354. The summed E-state index contributed by atoms with van der Waals surface area (Å²) in [7, 11) is 0. The molecule has 3 rings (SSSR count). The van der Waals surface area contributed by atoms with Gasteiger partial charge in [0.1, 0.15) is 0 Å². The molecule has 1 heterocycles. The summed E-state index contributed by atoms with van der Waals surface area (Å²) in [6.07, 6.45) is 5.00. The van der Waals surface area contributed by atoms with E-state index in [2.05, 4.69) is 25.7 Å². The monoisotopic (exact) mass is 235 g/mol. The van der Waals surface area contributed by atoms with Crippen molar-refractivity contribution in [3.63, 3.8) is 0 Å². The molecule has 2 saturated carbocycles. The molecule has 0 aromatic carbocycles. The van der Waals surface area contributed by atoms with Crippen LogP contribution in [0.25, 0.3) is 0 Å². The molecule has 1 saturated heterocycles. The number of carbonyl (C=O) groups is 1. The van der Waals surface area contributed by atoms with Crippen LogP contribution < -0.4 is 0 Å². The van der Waals surface area contributed by atoms with E-state index in [4.69, 9.17) is 0 Å². The van der Waals surface area contributed by atoms with Crippen LogP contribution in [0, 0.1) is 29.1 Å². The van der Waals surface area contributed by atoms with Crippen LogP contribution in [0.15, 0.2) is 0 Å². The standard InChI is InChI=1S/C15H25NO/c1-15(2,3)13-4-5-16(9-13)14(17)12-7-10-6-11(10)8-12/h10-13H,4-9H2,1-3H3. The highest BCUT2D eigenvalue weighted by atomic mass is 16.2. The second kappa shape index (κ2) is 3.73. The van der Waals surface area contributed by atoms with Crippen LogP contribution in [-0.4, -0.2) is 23.9 Å². The number of rotatable bonds is 1. The molecule has 1 amide bonds. The molecule has 1 aliphatic heterocycles. The molecule has 0 bridgehead atoms. The number of amides is 1. The Morgan fingerprint density at radius 3 is 2.29 bits per heavy atom. The zero-order valence-electron chi connectivity index (χ0n) is 11.4. The summed E-state index contributed by atoms with van der Waals surface area (Å²) < 4.78 is 0. The van der Waals surface area contributed by atoms with E-state index in [0.29, 0.717) is 23.2 Å². The maximum absolute atomic E-state index is 12.4. The van der Waals surface area contributed by atoms with Gasteiger partial charge in [0, 0.05) is 19.0 Å². The highest BCUT2D eigenvalue weighted by Crippen LogP contribution is 2.54. The van der Waals surface area contributed by atoms with Crippen LogP contribution in [0.5, 0.6) is 0 Å². The third kappa shape index (κ3) is 2.11. The van der Waals surface area contributed by atoms with Crippen molar-refractivity contribution in [3.8, 4) is 0 Å². The Balaban J connectivity index is 1.57. The zero-order chi connectivity index (χ0) is 12.2. The van der Waals surface area contributed by atoms with Crippen molar-refractivity contribution in [3.05, 3.63) is 0 Å². The predicted octanol–water partition coefficient (Wildman–Crippen LogP) is 2.93. The second-order valence-corrected chi connectivity index (χ2v) is 7.56. The van der Waals surface area contributed by atoms with E-state index in [1.165, 1.54) is 25.7 Å². The van der Waals surface area contributed by atoms with E-state index in [1.807, 2.05) is 0 Å². The van der Waals surface area contributed by atoms with Gasteiger partial charge in [-0.2, -0.15) is 0 Å². The number of hydrogen-bond acceptors (Lipinski definition) is 1. The quantitative estimate of drug-likeness (QED) is 0.684. The van der Waals surface area contributed by atoms with Crippen LogP contribution in [-0.2, 0) is 4.79 Å². The van der Waals surface area contributed by atoms with E-state index in [1.54, 1.807) is 0 Å². The number of carbonyl (C=O) groups excluding carboxylic acids is 1. The van der Waals surface area contributed by atoms with Gasteiger partial charge in [0.15, 0.2) is 0 Å². The molecule has 2 aliphatic carbocycles. The maximum atomic E-state index is 12.4. The molecule has 96 valence electrons. The second-order valence-electron chi connectivity index (χ2n) is 7.56. The molecule has 0 spiro atoms. The molecule has 0 aromatic rings. The summed E-state index contributed by atoms with van der Waals surface area (Å²) in [6, 6.07) is 0. The molecule has 3 atom stereocenters. The summed E-state index contributed by atoms with van der Waals surface area (Å²) in [4.78, 5) is 14.6. The molecule has 0 aromatic heterocycles. The number of fused-ring (bicyclic) bond motifs is 1. The Morgan fingerprint density at radius 1 is 1.12 bits per heavy atom. The highest BCUT2D eigenvalue weighted by molar-refractivity contribution is 5.79. The van der Waals surface area contributed by atoms with Crippen LogP contribution >= 0.6 is 0 Å². The van der Waals surface area contributed by atoms with Crippen molar-refractivity contribution in [2.75, 3.05) is 13.1 Å². The van der Waals surface area contributed by atoms with Crippen molar-refractivity contribution in [2.45, 2.75) is 46.5 Å². The topological polar surface area (TPSA) is 20.3 Å². The largest absolute Gasteiger partial charge is 0.342 e. The minimum Gasteiger partial charge on any atom is -0.342 e. The van der Waals surface area contributed by atoms with E-state index in [0.717, 1.165) is 24.9 Å². The Bertz CT molecular complexity index is 320. The lowest BCUT2D eigenvalue weighted by Gasteiger charge is -2.27. The number of nitrogens with zero attached hydrogens (tertiary/aromatic N) is 1. The van der Waals surface area contributed by atoms with Gasteiger partial charge in [-0.1, -0.05) is 20.8 Å². The van der Waals surface area contributed by atoms with Gasteiger partial charge >= 0.3 is 0 Å². The zero-order valence-corrected chi connectivity index (χ0v) is 11.4. The molecule has 3 unspecified atom stereocenters. The highest BCUT2D eigenvalue weighted by Gasteiger charge is 2.49. The molecule has 3 fully saturated rings. The first-order chi connectivity index (χ1) is 7.95. The Labute approximate surface area is 105 Å². The first-order valence-corrected chi connectivity index (χ1v) is 7.24. The van der Waals surface area contributed by atoms with Crippen molar-refractivity contribution >= 4 is 5.91 Å². The van der Waals surface area contributed by atoms with Crippen LogP contribution in [0.2, 0.25) is 0 Å². The van der Waals surface area contributed by atoms with Crippen LogP contribution in [0.4, 0.5) is 0 Å². The lowest BCUT2D eigenvalue weighted by atomic mass is 9.80. The molecule has 3 aliphatic rings. The van der Waals surface area contributed by atoms with Gasteiger partial charge in [-0.25, -0.2) is 0 Å². The first-order valence-electron chi connectivity index (χ1n) is 7.24. The fraction of sp³-hybridized carbons (Fsp3) is 0.933. The van der Waals surface area contributed by atoms with Gasteiger partial charge in [0.05, 0.1) is 0 Å². The third-order valence-corrected chi connectivity index (χ3v) is 5.32. The van der Waals surface area contributed by atoms with E-state index < -0.39 is 0 Å². The van der Waals surface area contributed by atoms with Crippen molar-refractivity contribution in [1.82, 2.24) is 4.90 Å². The average molecular weight is 235 g/mol. The predicted molar refractivity (Wildman–Crippen MR) is 68.5 cm³/mol. The van der Waals surface area contributed by atoms with Crippen molar-refractivity contribution in [1.29, 1.82) is 0 Å². The lowest BCUT2D eigenvalue weighted by Crippen LogP contribution is -2.35. The van der Waals surface area contributed by atoms with Gasteiger partial charge in [-0.3, -0.25) is 4.79 Å². The Hall–Kier alpha value is -0.530. The molecule has 2 heteroatoms. The summed E-state index contributed by atoms with van der Waals surface area (Å²) in [5.74, 6) is 3.40. The smallest absolute Gasteiger partial charge is 0.225 e. The van der Waals surface area contributed by atoms with Gasteiger partial charge in [-0.05, 0) is 48.9 Å². The summed E-state index contributed by atoms with van der Waals surface area (Å²) in [6.45, 7) is 8.92. The maximum Gasteiger partial charge on any atom is 0.225 e. The summed E-state index contributed by atoms with van der Waals surface area (Å²) in [5.41, 5.74) is 0.354. The summed E-state index contributed by atoms with van der Waals surface area (Å²) >= 11 is 0. The molecule has 0 radical (unpaired) electrons. The minimum absolute atomic E-state index is 0.354. The average Bonchev–Trinajstić information content (AvgIpc) is 2.71. The third-order valence-electron chi connectivity index (χ3n) is 5.32. The van der Waals surface area contributed by atoms with Gasteiger partial charge in [-0.15, -0.1) is 0 Å². The van der Waals surface area contributed by atoms with Gasteiger partial charge in [0.25, 0.3) is 0 Å². The molecular formula is C15H25NO. The fourth-order valence-corrected chi connectivity index (χ4v) is 3.84. The lowest BCUT2D eigenvalue weighted by molar-refractivity contribution is -0.134. The Morgan fingerprint density at radius 2 is 1.76 bits per heavy atom. The van der Waals surface area contributed by atoms with E-state index in [9.17, 15) is 4.79 Å². The molecular weight excluding hydrogens is 210 g/mol. The first kappa shape index (κ1) is 11.6. The fourth-order valence-electron chi connectivity index (χ4n) is 3.84. The number of hydrogen-bond donors (Lipinski definition) is 0. The summed E-state index contributed by atoms with van der Waals surface area (Å²) in [5, 5.41) is 0. The molecule has 2 nitrogen and oxygen atoms in total. The van der Waals surface area contributed by atoms with Gasteiger partial charge in [0.2, 0.25) is 5.91 Å². The van der Waals surface area contributed by atoms with E-state index in [-0.39, 0.29) is 0 Å². The van der Waals surface area contributed by atoms with Crippen LogP contribution in [0.1, 0.15) is 46.5 Å². The number of likely N-dealkylation sites (tertiary alicyclic amines) is 1. The molecule has 0 N–H and O–H groups in total. The van der Waals surface area contributed by atoms with Crippen molar-refractivity contribution in [2.24, 2.45) is 29.1 Å².